The van der Waals surface area contributed by atoms with Gasteiger partial charge in [0.15, 0.2) is 0 Å². The zero-order valence-corrected chi connectivity index (χ0v) is 18.0. The van der Waals surface area contributed by atoms with Crippen LogP contribution >= 0.6 is 23.4 Å². The summed E-state index contributed by atoms with van der Waals surface area (Å²) in [6.07, 6.45) is 5.17. The van der Waals surface area contributed by atoms with Crippen molar-refractivity contribution in [2.45, 2.75) is 30.6 Å². The summed E-state index contributed by atoms with van der Waals surface area (Å²) >= 11 is 7.42. The molecule has 2 aromatic rings. The van der Waals surface area contributed by atoms with Crippen molar-refractivity contribution in [3.8, 4) is 0 Å². The SMILES string of the molecule is O=C(CCSc1ccc(Cl)cc1)N/N=C\c1cc([N+](=O)[O-])ccc1N1CCCCC1. The highest BCUT2D eigenvalue weighted by atomic mass is 35.5. The van der Waals surface area contributed by atoms with Gasteiger partial charge in [0.1, 0.15) is 0 Å². The molecule has 0 spiro atoms. The third-order valence-electron chi connectivity index (χ3n) is 4.72. The van der Waals surface area contributed by atoms with Crippen LogP contribution in [-0.4, -0.2) is 35.9 Å². The average molecular weight is 447 g/mol. The maximum atomic E-state index is 12.1. The van der Waals surface area contributed by atoms with Gasteiger partial charge < -0.3 is 4.90 Å². The Bertz CT molecular complexity index is 915. The van der Waals surface area contributed by atoms with E-state index in [2.05, 4.69) is 15.4 Å². The van der Waals surface area contributed by atoms with Crippen LogP contribution in [0.5, 0.6) is 0 Å². The molecule has 9 heteroatoms. The fourth-order valence-electron chi connectivity index (χ4n) is 3.20. The lowest BCUT2D eigenvalue weighted by Gasteiger charge is -2.29. The number of nitrogens with one attached hydrogen (secondary N) is 1. The number of hydrogen-bond acceptors (Lipinski definition) is 6. The Morgan fingerprint density at radius 2 is 1.93 bits per heavy atom. The minimum Gasteiger partial charge on any atom is -0.371 e. The van der Waals surface area contributed by atoms with Gasteiger partial charge in [-0.2, -0.15) is 5.10 Å². The molecule has 1 saturated heterocycles. The molecular weight excluding hydrogens is 424 g/mol. The highest BCUT2D eigenvalue weighted by Gasteiger charge is 2.17. The molecule has 7 nitrogen and oxygen atoms in total. The Balaban J connectivity index is 1.58. The van der Waals surface area contributed by atoms with Crippen molar-refractivity contribution in [3.05, 3.63) is 63.2 Å². The standard InChI is InChI=1S/C21H23ClN4O3S/c22-17-4-7-19(8-5-17)30-13-10-21(27)24-23-15-16-14-18(26(28)29)6-9-20(16)25-11-2-1-3-12-25/h4-9,14-15H,1-3,10-13H2,(H,24,27)/b23-15-. The zero-order chi connectivity index (χ0) is 21.3. The molecule has 0 radical (unpaired) electrons. The molecule has 1 aliphatic rings. The van der Waals surface area contributed by atoms with Gasteiger partial charge in [-0.1, -0.05) is 11.6 Å². The number of nitro benzene ring substituents is 1. The molecule has 1 fully saturated rings. The van der Waals surface area contributed by atoms with Crippen LogP contribution in [0, 0.1) is 10.1 Å². The minimum atomic E-state index is -0.427. The fourth-order valence-corrected chi connectivity index (χ4v) is 4.18. The average Bonchev–Trinajstić information content (AvgIpc) is 2.75. The largest absolute Gasteiger partial charge is 0.371 e. The van der Waals surface area contributed by atoms with Crippen molar-refractivity contribution in [2.24, 2.45) is 5.10 Å². The van der Waals surface area contributed by atoms with Crippen LogP contribution in [0.2, 0.25) is 5.02 Å². The number of carbonyl (C=O) groups is 1. The van der Waals surface area contributed by atoms with Crippen LogP contribution in [0.1, 0.15) is 31.2 Å². The molecule has 1 aliphatic heterocycles. The lowest BCUT2D eigenvalue weighted by Crippen LogP contribution is -2.30. The monoisotopic (exact) mass is 446 g/mol. The third kappa shape index (κ3) is 6.47. The van der Waals surface area contributed by atoms with E-state index in [9.17, 15) is 14.9 Å². The number of piperidine rings is 1. The smallest absolute Gasteiger partial charge is 0.270 e. The molecule has 0 atom stereocenters. The number of hydrazone groups is 1. The molecule has 0 unspecified atom stereocenters. The Kier molecular flexibility index (Phi) is 8.10. The van der Waals surface area contributed by atoms with Gasteiger partial charge in [-0.15, -0.1) is 11.8 Å². The number of amides is 1. The summed E-state index contributed by atoms with van der Waals surface area (Å²) in [5.41, 5.74) is 4.04. The van der Waals surface area contributed by atoms with Crippen molar-refractivity contribution >= 4 is 46.9 Å². The quantitative estimate of drug-likeness (QED) is 0.270. The lowest BCUT2D eigenvalue weighted by atomic mass is 10.1. The number of halogens is 1. The van der Waals surface area contributed by atoms with Gasteiger partial charge in [-0.25, -0.2) is 5.43 Å². The molecule has 0 aliphatic carbocycles. The van der Waals surface area contributed by atoms with Gasteiger partial charge in [0.05, 0.1) is 11.1 Å². The van der Waals surface area contributed by atoms with Gasteiger partial charge in [-0.05, 0) is 49.6 Å². The normalized spacial score (nSPS) is 14.1. The van der Waals surface area contributed by atoms with Crippen molar-refractivity contribution in [1.29, 1.82) is 0 Å². The van der Waals surface area contributed by atoms with Crippen LogP contribution in [0.4, 0.5) is 11.4 Å². The van der Waals surface area contributed by atoms with E-state index in [1.165, 1.54) is 24.8 Å². The second kappa shape index (κ2) is 11.0. The van der Waals surface area contributed by atoms with Crippen molar-refractivity contribution in [3.63, 3.8) is 0 Å². The molecule has 158 valence electrons. The van der Waals surface area contributed by atoms with Crippen LogP contribution in [0.3, 0.4) is 0 Å². The van der Waals surface area contributed by atoms with E-state index in [0.29, 0.717) is 22.8 Å². The van der Waals surface area contributed by atoms with Gasteiger partial charge in [0.2, 0.25) is 5.91 Å². The topological polar surface area (TPSA) is 87.8 Å². The number of rotatable bonds is 8. The first-order chi connectivity index (χ1) is 14.5. The van der Waals surface area contributed by atoms with Gasteiger partial charge in [-0.3, -0.25) is 14.9 Å². The Labute approximate surface area is 184 Å². The molecular formula is C21H23ClN4O3S. The number of non-ortho nitro benzene ring substituents is 1. The van der Waals surface area contributed by atoms with Crippen molar-refractivity contribution in [2.75, 3.05) is 23.7 Å². The second-order valence-corrected chi connectivity index (χ2v) is 8.50. The number of anilines is 1. The number of hydrogen-bond donors (Lipinski definition) is 1. The second-order valence-electron chi connectivity index (χ2n) is 6.89. The predicted octanol–water partition coefficient (Wildman–Crippen LogP) is 4.87. The van der Waals surface area contributed by atoms with E-state index >= 15 is 0 Å². The summed E-state index contributed by atoms with van der Waals surface area (Å²) in [5.74, 6) is 0.399. The molecule has 0 bridgehead atoms. The molecule has 1 heterocycles. The molecule has 1 N–H and O–H groups in total. The Morgan fingerprint density at radius 3 is 2.63 bits per heavy atom. The highest BCUT2D eigenvalue weighted by molar-refractivity contribution is 7.99. The highest BCUT2D eigenvalue weighted by Crippen LogP contribution is 2.27. The van der Waals surface area contributed by atoms with Crippen LogP contribution in [-0.2, 0) is 4.79 Å². The lowest BCUT2D eigenvalue weighted by molar-refractivity contribution is -0.384. The number of nitrogens with zero attached hydrogens (tertiary/aromatic N) is 3. The maximum absolute atomic E-state index is 12.1. The molecule has 0 aromatic heterocycles. The first kappa shape index (κ1) is 22.1. The van der Waals surface area contributed by atoms with E-state index in [0.717, 1.165) is 36.5 Å². The van der Waals surface area contributed by atoms with Crippen LogP contribution < -0.4 is 10.3 Å². The summed E-state index contributed by atoms with van der Waals surface area (Å²) < 4.78 is 0. The van der Waals surface area contributed by atoms with Gasteiger partial charge in [0.25, 0.3) is 5.69 Å². The fraction of sp³-hybridized carbons (Fsp3) is 0.333. The summed E-state index contributed by atoms with van der Waals surface area (Å²) in [6.45, 7) is 1.82. The minimum absolute atomic E-state index is 0.00269. The van der Waals surface area contributed by atoms with E-state index in [4.69, 9.17) is 11.6 Å². The Hall–Kier alpha value is -2.58. The van der Waals surface area contributed by atoms with Gasteiger partial charge in [0, 0.05) is 58.6 Å². The Morgan fingerprint density at radius 1 is 1.20 bits per heavy atom. The summed E-state index contributed by atoms with van der Waals surface area (Å²) in [5, 5.41) is 15.9. The van der Waals surface area contributed by atoms with Crippen molar-refractivity contribution < 1.29 is 9.72 Å². The molecule has 2 aromatic carbocycles. The number of thioether (sulfide) groups is 1. The van der Waals surface area contributed by atoms with Crippen LogP contribution in [0.15, 0.2) is 52.5 Å². The first-order valence-corrected chi connectivity index (χ1v) is 11.1. The molecule has 3 rings (SSSR count). The molecule has 0 saturated carbocycles. The van der Waals surface area contributed by atoms with E-state index in [-0.39, 0.29) is 11.6 Å². The summed E-state index contributed by atoms with van der Waals surface area (Å²) in [6, 6.07) is 12.2. The predicted molar refractivity (Wildman–Crippen MR) is 122 cm³/mol. The number of benzene rings is 2. The van der Waals surface area contributed by atoms with E-state index < -0.39 is 4.92 Å². The van der Waals surface area contributed by atoms with Gasteiger partial charge >= 0.3 is 0 Å². The summed E-state index contributed by atoms with van der Waals surface area (Å²) in [7, 11) is 0. The molecule has 30 heavy (non-hydrogen) atoms. The number of nitro groups is 1. The molecule has 1 amide bonds. The van der Waals surface area contributed by atoms with E-state index in [1.54, 1.807) is 17.8 Å². The number of carbonyl (C=O) groups excluding carboxylic acids is 1. The van der Waals surface area contributed by atoms with Crippen LogP contribution in [0.25, 0.3) is 0 Å². The maximum Gasteiger partial charge on any atom is 0.270 e. The summed E-state index contributed by atoms with van der Waals surface area (Å²) in [4.78, 5) is 26.0. The zero-order valence-electron chi connectivity index (χ0n) is 16.4. The first-order valence-electron chi connectivity index (χ1n) is 9.76. The van der Waals surface area contributed by atoms with E-state index in [1.807, 2.05) is 24.3 Å². The van der Waals surface area contributed by atoms with Crippen molar-refractivity contribution in [1.82, 2.24) is 5.43 Å². The third-order valence-corrected chi connectivity index (χ3v) is 5.99.